The Labute approximate surface area is 125 Å². The first-order valence-corrected chi connectivity index (χ1v) is 7.09. The molecule has 0 saturated heterocycles. The van der Waals surface area contributed by atoms with Gasteiger partial charge in [-0.2, -0.15) is 5.10 Å². The Balaban J connectivity index is 2.07. The van der Waals surface area contributed by atoms with E-state index in [1.807, 2.05) is 17.7 Å². The van der Waals surface area contributed by atoms with E-state index in [9.17, 15) is 0 Å². The summed E-state index contributed by atoms with van der Waals surface area (Å²) in [5.74, 6) is 0. The van der Waals surface area contributed by atoms with Crippen LogP contribution in [0.2, 0.25) is 0 Å². The summed E-state index contributed by atoms with van der Waals surface area (Å²) >= 11 is 5.36. The van der Waals surface area contributed by atoms with Gasteiger partial charge in [-0.1, -0.05) is 17.7 Å². The molecule has 2 rings (SSSR count). The van der Waals surface area contributed by atoms with Gasteiger partial charge in [-0.15, -0.1) is 0 Å². The topological polar surface area (TPSA) is 41.9 Å². The zero-order chi connectivity index (χ0) is 14.7. The Kier molecular flexibility index (Phi) is 4.39. The molecule has 2 N–H and O–H groups in total. The molecule has 0 bridgehead atoms. The molecule has 0 aliphatic heterocycles. The van der Waals surface area contributed by atoms with Crippen LogP contribution in [0.25, 0.3) is 0 Å². The van der Waals surface area contributed by atoms with Crippen LogP contribution in [0.4, 0.5) is 11.4 Å². The van der Waals surface area contributed by atoms with Crippen molar-refractivity contribution in [3.05, 3.63) is 41.2 Å². The minimum Gasteiger partial charge on any atom is -0.332 e. The zero-order valence-corrected chi connectivity index (χ0v) is 13.1. The van der Waals surface area contributed by atoms with E-state index >= 15 is 0 Å². The van der Waals surface area contributed by atoms with Crippen molar-refractivity contribution in [2.45, 2.75) is 34.2 Å². The summed E-state index contributed by atoms with van der Waals surface area (Å²) in [6.45, 7) is 9.09. The van der Waals surface area contributed by atoms with Crippen molar-refractivity contribution in [3.8, 4) is 0 Å². The number of hydrogen-bond donors (Lipinski definition) is 2. The Hall–Kier alpha value is -1.88. The lowest BCUT2D eigenvalue weighted by molar-refractivity contribution is 0.640. The first kappa shape index (κ1) is 14.5. The van der Waals surface area contributed by atoms with Crippen molar-refractivity contribution in [3.63, 3.8) is 0 Å². The van der Waals surface area contributed by atoms with Gasteiger partial charge in [0.05, 0.1) is 17.6 Å². The van der Waals surface area contributed by atoms with Crippen molar-refractivity contribution in [1.29, 1.82) is 0 Å². The van der Waals surface area contributed by atoms with E-state index in [1.165, 1.54) is 11.1 Å². The van der Waals surface area contributed by atoms with Crippen molar-refractivity contribution in [2.75, 3.05) is 10.6 Å². The average Bonchev–Trinajstić information content (AvgIpc) is 2.74. The summed E-state index contributed by atoms with van der Waals surface area (Å²) < 4.78 is 1.93. The quantitative estimate of drug-likeness (QED) is 0.846. The van der Waals surface area contributed by atoms with Gasteiger partial charge in [0, 0.05) is 12.2 Å². The molecule has 0 saturated carbocycles. The highest BCUT2D eigenvalue weighted by Crippen LogP contribution is 2.18. The van der Waals surface area contributed by atoms with Crippen LogP contribution in [0.5, 0.6) is 0 Å². The third kappa shape index (κ3) is 3.17. The number of nitrogens with one attached hydrogen (secondary N) is 2. The third-order valence-corrected chi connectivity index (χ3v) is 3.49. The van der Waals surface area contributed by atoms with Crippen molar-refractivity contribution >= 4 is 28.7 Å². The van der Waals surface area contributed by atoms with E-state index < -0.39 is 0 Å². The lowest BCUT2D eigenvalue weighted by Gasteiger charge is -2.12. The van der Waals surface area contributed by atoms with Gasteiger partial charge in [0.25, 0.3) is 0 Å². The molecular weight excluding hydrogens is 268 g/mol. The smallest absolute Gasteiger partial charge is 0.175 e. The van der Waals surface area contributed by atoms with Gasteiger partial charge in [0.15, 0.2) is 5.11 Å². The Morgan fingerprint density at radius 2 is 1.90 bits per heavy atom. The summed E-state index contributed by atoms with van der Waals surface area (Å²) in [6, 6.07) is 6.24. The van der Waals surface area contributed by atoms with Crippen LogP contribution in [0, 0.1) is 20.8 Å². The standard InChI is InChI=1S/C15H20N4S/c1-5-19-12(4)14(9-16-19)18-15(20)17-13-7-6-10(2)8-11(13)3/h6-9H,5H2,1-4H3,(H2,17,18,20). The highest BCUT2D eigenvalue weighted by Gasteiger charge is 2.07. The predicted molar refractivity (Wildman–Crippen MR) is 88.4 cm³/mol. The van der Waals surface area contributed by atoms with E-state index in [0.717, 1.165) is 23.6 Å². The largest absolute Gasteiger partial charge is 0.332 e. The van der Waals surface area contributed by atoms with E-state index in [1.54, 1.807) is 6.20 Å². The first-order valence-electron chi connectivity index (χ1n) is 6.69. The fraction of sp³-hybridized carbons (Fsp3) is 0.333. The number of thiocarbonyl (C=S) groups is 1. The summed E-state index contributed by atoms with van der Waals surface area (Å²) in [6.07, 6.45) is 1.80. The summed E-state index contributed by atoms with van der Waals surface area (Å²) in [5.41, 5.74) is 5.46. The third-order valence-electron chi connectivity index (χ3n) is 3.28. The second-order valence-corrected chi connectivity index (χ2v) is 5.27. The molecule has 5 heteroatoms. The molecule has 0 atom stereocenters. The van der Waals surface area contributed by atoms with Crippen LogP contribution in [-0.2, 0) is 6.54 Å². The Morgan fingerprint density at radius 1 is 1.20 bits per heavy atom. The highest BCUT2D eigenvalue weighted by atomic mass is 32.1. The molecule has 1 aromatic heterocycles. The molecule has 106 valence electrons. The zero-order valence-electron chi connectivity index (χ0n) is 12.3. The van der Waals surface area contributed by atoms with Crippen molar-refractivity contribution in [2.24, 2.45) is 0 Å². The maximum atomic E-state index is 5.36. The van der Waals surface area contributed by atoms with Crippen LogP contribution >= 0.6 is 12.2 Å². The molecule has 20 heavy (non-hydrogen) atoms. The molecule has 0 aliphatic carbocycles. The molecule has 0 spiro atoms. The molecule has 0 radical (unpaired) electrons. The summed E-state index contributed by atoms with van der Waals surface area (Å²) in [4.78, 5) is 0. The second kappa shape index (κ2) is 6.05. The molecule has 1 aromatic carbocycles. The van der Waals surface area contributed by atoms with E-state index in [4.69, 9.17) is 12.2 Å². The SMILES string of the molecule is CCn1ncc(NC(=S)Nc2ccc(C)cc2C)c1C. The van der Waals surface area contributed by atoms with Gasteiger partial charge in [-0.25, -0.2) is 0 Å². The van der Waals surface area contributed by atoms with Crippen molar-refractivity contribution in [1.82, 2.24) is 9.78 Å². The molecule has 0 aliphatic rings. The number of aryl methyl sites for hydroxylation is 3. The number of benzene rings is 1. The normalized spacial score (nSPS) is 10.4. The van der Waals surface area contributed by atoms with Gasteiger partial charge in [-0.3, -0.25) is 4.68 Å². The van der Waals surface area contributed by atoms with Crippen LogP contribution in [0.1, 0.15) is 23.7 Å². The number of hydrogen-bond acceptors (Lipinski definition) is 2. The number of nitrogens with zero attached hydrogens (tertiary/aromatic N) is 2. The minimum absolute atomic E-state index is 0.579. The van der Waals surface area contributed by atoms with Crippen LogP contribution in [0.3, 0.4) is 0 Å². The molecule has 4 nitrogen and oxygen atoms in total. The van der Waals surface area contributed by atoms with E-state index in [-0.39, 0.29) is 0 Å². The van der Waals surface area contributed by atoms with Gasteiger partial charge < -0.3 is 10.6 Å². The summed E-state index contributed by atoms with van der Waals surface area (Å²) in [5, 5.41) is 11.3. The van der Waals surface area contributed by atoms with Crippen molar-refractivity contribution < 1.29 is 0 Å². The van der Waals surface area contributed by atoms with Crippen LogP contribution in [-0.4, -0.2) is 14.9 Å². The molecule has 2 aromatic rings. The maximum Gasteiger partial charge on any atom is 0.175 e. The monoisotopic (exact) mass is 288 g/mol. The molecule has 0 unspecified atom stereocenters. The van der Waals surface area contributed by atoms with Crippen LogP contribution in [0.15, 0.2) is 24.4 Å². The van der Waals surface area contributed by atoms with E-state index in [0.29, 0.717) is 5.11 Å². The van der Waals surface area contributed by atoms with Gasteiger partial charge in [-0.05, 0) is 51.5 Å². The van der Waals surface area contributed by atoms with Crippen LogP contribution < -0.4 is 10.6 Å². The van der Waals surface area contributed by atoms with Gasteiger partial charge >= 0.3 is 0 Å². The minimum atomic E-state index is 0.579. The van der Waals surface area contributed by atoms with Gasteiger partial charge in [0.1, 0.15) is 0 Å². The molecular formula is C15H20N4S. The lowest BCUT2D eigenvalue weighted by Crippen LogP contribution is -2.20. The molecule has 1 heterocycles. The summed E-state index contributed by atoms with van der Waals surface area (Å²) in [7, 11) is 0. The average molecular weight is 288 g/mol. The number of anilines is 2. The Bertz CT molecular complexity index is 631. The fourth-order valence-electron chi connectivity index (χ4n) is 2.12. The Morgan fingerprint density at radius 3 is 2.50 bits per heavy atom. The fourth-order valence-corrected chi connectivity index (χ4v) is 2.34. The maximum absolute atomic E-state index is 5.36. The lowest BCUT2D eigenvalue weighted by atomic mass is 10.1. The van der Waals surface area contributed by atoms with Gasteiger partial charge in [0.2, 0.25) is 0 Å². The predicted octanol–water partition coefficient (Wildman–Crippen LogP) is 3.64. The molecule has 0 amide bonds. The number of rotatable bonds is 3. The first-order chi connectivity index (χ1) is 9.51. The number of aromatic nitrogens is 2. The molecule has 0 fully saturated rings. The van der Waals surface area contributed by atoms with E-state index in [2.05, 4.69) is 48.6 Å². The second-order valence-electron chi connectivity index (χ2n) is 4.86. The highest BCUT2D eigenvalue weighted by molar-refractivity contribution is 7.80.